The summed E-state index contributed by atoms with van der Waals surface area (Å²) in [7, 11) is 0. The second-order valence-corrected chi connectivity index (χ2v) is 8.18. The minimum atomic E-state index is -0.313. The maximum absolute atomic E-state index is 13.3. The predicted octanol–water partition coefficient (Wildman–Crippen LogP) is 5.74. The molecule has 0 amide bonds. The third kappa shape index (κ3) is 4.27. The van der Waals surface area contributed by atoms with Crippen molar-refractivity contribution in [3.05, 3.63) is 113 Å². The molecule has 33 heavy (non-hydrogen) atoms. The van der Waals surface area contributed by atoms with E-state index in [0.29, 0.717) is 28.9 Å². The van der Waals surface area contributed by atoms with Crippen LogP contribution in [0.5, 0.6) is 0 Å². The second-order valence-electron chi connectivity index (χ2n) is 7.79. The first-order chi connectivity index (χ1) is 16.1. The van der Waals surface area contributed by atoms with Crippen molar-refractivity contribution in [3.63, 3.8) is 0 Å². The summed E-state index contributed by atoms with van der Waals surface area (Å²) in [4.78, 5) is 6.70. The Balaban J connectivity index is 1.59. The zero-order valence-corrected chi connectivity index (χ0v) is 18.7. The number of hydrogen-bond donors (Lipinski definition) is 1. The van der Waals surface area contributed by atoms with Crippen LogP contribution < -0.4 is 5.32 Å². The maximum Gasteiger partial charge on any atom is 0.258 e. The van der Waals surface area contributed by atoms with Crippen LogP contribution in [0.2, 0.25) is 0 Å². The van der Waals surface area contributed by atoms with Crippen LogP contribution >= 0.6 is 12.2 Å². The third-order valence-electron chi connectivity index (χ3n) is 5.67. The lowest BCUT2D eigenvalue weighted by molar-refractivity contribution is 0.396. The molecule has 7 heteroatoms. The third-order valence-corrected chi connectivity index (χ3v) is 6.01. The summed E-state index contributed by atoms with van der Waals surface area (Å²) in [5, 5.41) is 8.25. The van der Waals surface area contributed by atoms with E-state index in [1.165, 1.54) is 12.1 Å². The molecule has 1 N–H and O–H groups in total. The molecule has 1 aromatic heterocycles. The number of aromatic nitrogens is 2. The SMILES string of the molecule is CC1=C(c2nc(-c3ccc(F)cc3)no2)C(c2ccccc2)NC(=S)N1Cc1ccccc1. The molecule has 5 rings (SSSR count). The van der Waals surface area contributed by atoms with Gasteiger partial charge in [-0.2, -0.15) is 4.98 Å². The van der Waals surface area contributed by atoms with Gasteiger partial charge in [-0.15, -0.1) is 0 Å². The summed E-state index contributed by atoms with van der Waals surface area (Å²) in [5.41, 5.74) is 4.64. The highest BCUT2D eigenvalue weighted by Gasteiger charge is 2.34. The van der Waals surface area contributed by atoms with E-state index >= 15 is 0 Å². The van der Waals surface area contributed by atoms with E-state index in [0.717, 1.165) is 22.4 Å². The van der Waals surface area contributed by atoms with Gasteiger partial charge in [-0.1, -0.05) is 65.8 Å². The van der Waals surface area contributed by atoms with Gasteiger partial charge in [-0.25, -0.2) is 4.39 Å². The van der Waals surface area contributed by atoms with Gasteiger partial charge in [0.2, 0.25) is 5.82 Å². The molecule has 1 unspecified atom stereocenters. The van der Waals surface area contributed by atoms with Gasteiger partial charge in [-0.3, -0.25) is 0 Å². The lowest BCUT2D eigenvalue weighted by Gasteiger charge is -2.37. The zero-order valence-electron chi connectivity index (χ0n) is 17.9. The lowest BCUT2D eigenvalue weighted by Crippen LogP contribution is -2.45. The molecule has 5 nitrogen and oxygen atoms in total. The standard InChI is InChI=1S/C26H21FN4OS/c1-17-22(25-29-24(30-32-25)20-12-14-21(27)15-13-20)23(19-10-6-3-7-11-19)28-26(33)31(17)16-18-8-4-2-5-9-18/h2-15,23H,16H2,1H3,(H,28,33). The van der Waals surface area contributed by atoms with Crippen LogP contribution in [0.4, 0.5) is 4.39 Å². The molecular formula is C26H21FN4OS. The average molecular weight is 457 g/mol. The predicted molar refractivity (Wildman–Crippen MR) is 129 cm³/mol. The number of hydrogen-bond acceptors (Lipinski definition) is 4. The second kappa shape index (κ2) is 8.96. The van der Waals surface area contributed by atoms with Crippen molar-refractivity contribution in [3.8, 4) is 11.4 Å². The normalized spacial score (nSPS) is 16.1. The van der Waals surface area contributed by atoms with Crippen LogP contribution in [0.25, 0.3) is 17.0 Å². The Morgan fingerprint density at radius 3 is 2.33 bits per heavy atom. The molecule has 3 aromatic carbocycles. The van der Waals surface area contributed by atoms with E-state index in [1.807, 2.05) is 60.4 Å². The summed E-state index contributed by atoms with van der Waals surface area (Å²) < 4.78 is 19.1. The van der Waals surface area contributed by atoms with Crippen molar-refractivity contribution in [1.29, 1.82) is 0 Å². The molecule has 0 aliphatic carbocycles. The number of thiocarbonyl (C=S) groups is 1. The monoisotopic (exact) mass is 456 g/mol. The molecule has 1 aliphatic heterocycles. The Labute approximate surface area is 196 Å². The average Bonchev–Trinajstić information content (AvgIpc) is 3.33. The summed E-state index contributed by atoms with van der Waals surface area (Å²) in [5.74, 6) is 0.486. The lowest BCUT2D eigenvalue weighted by atomic mass is 9.94. The number of nitrogens with zero attached hydrogens (tertiary/aromatic N) is 3. The quantitative estimate of drug-likeness (QED) is 0.387. The van der Waals surface area contributed by atoms with Gasteiger partial charge in [0.05, 0.1) is 11.6 Å². The molecule has 0 saturated carbocycles. The van der Waals surface area contributed by atoms with Crippen molar-refractivity contribution >= 4 is 22.9 Å². The first-order valence-corrected chi connectivity index (χ1v) is 11.0. The minimum absolute atomic E-state index is 0.243. The van der Waals surface area contributed by atoms with Crippen molar-refractivity contribution in [2.24, 2.45) is 0 Å². The first kappa shape index (κ1) is 21.0. The molecule has 1 atom stereocenters. The van der Waals surface area contributed by atoms with E-state index in [1.54, 1.807) is 12.1 Å². The Morgan fingerprint density at radius 1 is 0.970 bits per heavy atom. The Hall–Kier alpha value is -3.84. The van der Waals surface area contributed by atoms with Crippen LogP contribution in [0.3, 0.4) is 0 Å². The topological polar surface area (TPSA) is 54.2 Å². The number of rotatable bonds is 5. The van der Waals surface area contributed by atoms with E-state index in [4.69, 9.17) is 16.7 Å². The van der Waals surface area contributed by atoms with Gasteiger partial charge >= 0.3 is 0 Å². The van der Waals surface area contributed by atoms with Crippen molar-refractivity contribution in [1.82, 2.24) is 20.4 Å². The smallest absolute Gasteiger partial charge is 0.258 e. The van der Waals surface area contributed by atoms with Crippen molar-refractivity contribution in [2.75, 3.05) is 0 Å². The molecule has 2 heterocycles. The molecule has 0 spiro atoms. The molecule has 4 aromatic rings. The van der Waals surface area contributed by atoms with Crippen molar-refractivity contribution in [2.45, 2.75) is 19.5 Å². The summed E-state index contributed by atoms with van der Waals surface area (Å²) in [6, 6.07) is 26.0. The number of benzene rings is 3. The van der Waals surface area contributed by atoms with Crippen LogP contribution in [-0.4, -0.2) is 20.2 Å². The fourth-order valence-corrected chi connectivity index (χ4v) is 4.28. The Kier molecular flexibility index (Phi) is 5.71. The molecule has 1 aliphatic rings. The molecule has 0 fully saturated rings. The molecule has 0 radical (unpaired) electrons. The van der Waals surface area contributed by atoms with Gasteiger partial charge < -0.3 is 14.7 Å². The largest absolute Gasteiger partial charge is 0.351 e. The minimum Gasteiger partial charge on any atom is -0.351 e. The van der Waals surface area contributed by atoms with Crippen LogP contribution in [0.15, 0.2) is 95.1 Å². The Morgan fingerprint density at radius 2 is 1.64 bits per heavy atom. The molecule has 0 bridgehead atoms. The van der Waals surface area contributed by atoms with Gasteiger partial charge in [0, 0.05) is 17.8 Å². The van der Waals surface area contributed by atoms with Gasteiger partial charge in [0.25, 0.3) is 5.89 Å². The van der Waals surface area contributed by atoms with Gasteiger partial charge in [0.1, 0.15) is 5.82 Å². The fourth-order valence-electron chi connectivity index (χ4n) is 3.96. The maximum atomic E-state index is 13.3. The first-order valence-electron chi connectivity index (χ1n) is 10.6. The molecular weight excluding hydrogens is 435 g/mol. The van der Waals surface area contributed by atoms with E-state index in [-0.39, 0.29) is 11.9 Å². The number of nitrogens with one attached hydrogen (secondary N) is 1. The summed E-state index contributed by atoms with van der Waals surface area (Å²) in [6.45, 7) is 2.63. The summed E-state index contributed by atoms with van der Waals surface area (Å²) >= 11 is 5.76. The zero-order chi connectivity index (χ0) is 22.8. The Bertz CT molecular complexity index is 1300. The van der Waals surface area contributed by atoms with Crippen LogP contribution in [-0.2, 0) is 6.54 Å². The number of allylic oxidation sites excluding steroid dienone is 1. The van der Waals surface area contributed by atoms with E-state index in [9.17, 15) is 4.39 Å². The van der Waals surface area contributed by atoms with Crippen molar-refractivity contribution < 1.29 is 8.91 Å². The summed E-state index contributed by atoms with van der Waals surface area (Å²) in [6.07, 6.45) is 0. The number of halogens is 1. The van der Waals surface area contributed by atoms with Crippen LogP contribution in [0, 0.1) is 5.82 Å². The van der Waals surface area contributed by atoms with E-state index in [2.05, 4.69) is 27.6 Å². The highest BCUT2D eigenvalue weighted by atomic mass is 32.1. The highest BCUT2D eigenvalue weighted by molar-refractivity contribution is 7.80. The molecule has 164 valence electrons. The van der Waals surface area contributed by atoms with E-state index < -0.39 is 0 Å². The van der Waals surface area contributed by atoms with Gasteiger partial charge in [0.15, 0.2) is 5.11 Å². The highest BCUT2D eigenvalue weighted by Crippen LogP contribution is 2.37. The fraction of sp³-hybridized carbons (Fsp3) is 0.115. The molecule has 0 saturated heterocycles. The van der Waals surface area contributed by atoms with Crippen LogP contribution in [0.1, 0.15) is 30.0 Å². The van der Waals surface area contributed by atoms with Gasteiger partial charge in [-0.05, 0) is 54.5 Å².